The number of nitrogen functional groups attached to an aromatic ring is 2. The Balaban J connectivity index is 0.499. The Morgan fingerprint density at radius 1 is 0.729 bits per heavy atom. The molecular formula is C97H128N18O18. The molecular weight excluding hydrogens is 1710 g/mol. The van der Waals surface area contributed by atoms with E-state index in [0.29, 0.717) is 205 Å². The minimum absolute atomic E-state index is 0.0117. The number of nitrogens with one attached hydrogen (secondary N) is 1. The number of oxazole rings is 1. The van der Waals surface area contributed by atoms with Crippen LogP contribution in [0.2, 0.25) is 0 Å². The van der Waals surface area contributed by atoms with E-state index in [9.17, 15) is 48.6 Å². The maximum atomic E-state index is 14.8. The van der Waals surface area contributed by atoms with Crippen molar-refractivity contribution >= 4 is 93.0 Å². The van der Waals surface area contributed by atoms with Crippen molar-refractivity contribution in [3.8, 4) is 11.3 Å². The van der Waals surface area contributed by atoms with Crippen molar-refractivity contribution in [2.45, 2.75) is 213 Å². The number of carbonyl (C=O) groups excluding carboxylic acids is 8. The summed E-state index contributed by atoms with van der Waals surface area (Å²) in [5, 5.41) is 32.3. The number of amides is 4. The van der Waals surface area contributed by atoms with Crippen LogP contribution < -0.4 is 26.6 Å². The van der Waals surface area contributed by atoms with E-state index in [0.717, 1.165) is 40.9 Å². The van der Waals surface area contributed by atoms with Gasteiger partial charge in [-0.05, 0) is 148 Å². The number of nitrogens with zero attached hydrogens (tertiary/aromatic N) is 15. The fraction of sp³-hybridized carbons (Fsp3) is 0.567. The average Bonchev–Trinajstić information content (AvgIpc) is 1.71. The van der Waals surface area contributed by atoms with E-state index in [-0.39, 0.29) is 80.0 Å². The number of allylic oxidation sites excluding steroid dienone is 6. The number of esters is 1. The van der Waals surface area contributed by atoms with Crippen molar-refractivity contribution < 1.29 is 86.1 Å². The Morgan fingerprint density at radius 2 is 1.47 bits per heavy atom. The fourth-order valence-corrected chi connectivity index (χ4v) is 19.4. The number of benzene rings is 2. The summed E-state index contributed by atoms with van der Waals surface area (Å²) in [4.78, 5) is 156. The van der Waals surface area contributed by atoms with E-state index in [1.54, 1.807) is 78.8 Å². The quantitative estimate of drug-likeness (QED) is 0.0194. The second-order valence-electron chi connectivity index (χ2n) is 36.8. The molecule has 5 fully saturated rings. The highest BCUT2D eigenvalue weighted by molar-refractivity contribution is 6.39. The van der Waals surface area contributed by atoms with E-state index in [1.165, 1.54) is 18.3 Å². The molecule has 7 aliphatic rings. The van der Waals surface area contributed by atoms with Crippen molar-refractivity contribution in [1.29, 1.82) is 0 Å². The van der Waals surface area contributed by atoms with Gasteiger partial charge in [0.25, 0.3) is 23.6 Å². The van der Waals surface area contributed by atoms with Gasteiger partial charge < -0.3 is 89.1 Å². The van der Waals surface area contributed by atoms with Crippen LogP contribution in [0.25, 0.3) is 33.4 Å². The number of alkyl carbamates (subject to hydrolysis) is 1. The monoisotopic (exact) mass is 1830 g/mol. The van der Waals surface area contributed by atoms with Crippen molar-refractivity contribution in [1.82, 2.24) is 69.6 Å². The smallest absolute Gasteiger partial charge is 0.407 e. The van der Waals surface area contributed by atoms with Crippen LogP contribution in [-0.4, -0.2) is 283 Å². The van der Waals surface area contributed by atoms with Crippen molar-refractivity contribution in [2.75, 3.05) is 128 Å². The molecule has 0 spiro atoms. The predicted octanol–water partition coefficient (Wildman–Crippen LogP) is 8.93. The lowest BCUT2D eigenvalue weighted by molar-refractivity contribution is -0.265. The molecule has 0 unspecified atom stereocenters. The number of aliphatic hydroxyl groups is 2. The zero-order chi connectivity index (χ0) is 94.3. The van der Waals surface area contributed by atoms with Gasteiger partial charge in [-0.25, -0.2) is 44.2 Å². The van der Waals surface area contributed by atoms with Crippen LogP contribution >= 0.6 is 0 Å². The van der Waals surface area contributed by atoms with E-state index >= 15 is 0 Å². The van der Waals surface area contributed by atoms with Gasteiger partial charge in [-0.3, -0.25) is 33.7 Å². The Morgan fingerprint density at radius 3 is 2.21 bits per heavy atom. The zero-order valence-electron chi connectivity index (χ0n) is 77.9. The minimum atomic E-state index is -2.49. The normalized spacial score (nSPS) is 27.8. The molecule has 14 rings (SSSR count). The third-order valence-corrected chi connectivity index (χ3v) is 27.4. The van der Waals surface area contributed by atoms with Gasteiger partial charge in [-0.2, -0.15) is 10.1 Å². The molecule has 2 aromatic carbocycles. The Labute approximate surface area is 775 Å². The van der Waals surface area contributed by atoms with Crippen molar-refractivity contribution in [3.05, 3.63) is 143 Å². The molecule has 5 aromatic heterocycles. The lowest BCUT2D eigenvalue weighted by Gasteiger charge is -2.42. The summed E-state index contributed by atoms with van der Waals surface area (Å²) in [6.07, 6.45) is 17.9. The number of methoxy groups -OCH3 is 3. The molecule has 4 saturated heterocycles. The van der Waals surface area contributed by atoms with Crippen LogP contribution in [0.5, 0.6) is 0 Å². The number of fused-ring (bicyclic) bond motifs is 6. The highest BCUT2D eigenvalue weighted by atomic mass is 16.6. The number of ether oxygens (including phenoxy) is 7. The molecule has 36 nitrogen and oxygen atoms in total. The molecule has 7 aromatic rings. The molecule has 36 heteroatoms. The molecule has 2 bridgehead atoms. The highest BCUT2D eigenvalue weighted by Crippen LogP contribution is 2.40. The lowest BCUT2D eigenvalue weighted by atomic mass is 9.78. The first-order valence-corrected chi connectivity index (χ1v) is 46.7. The number of anilines is 4. The maximum absolute atomic E-state index is 14.8. The average molecular weight is 1830 g/mol. The van der Waals surface area contributed by atoms with Crippen LogP contribution in [0.3, 0.4) is 0 Å². The molecule has 0 radical (unpaired) electrons. The van der Waals surface area contributed by atoms with Gasteiger partial charge in [0.2, 0.25) is 23.6 Å². The number of rotatable bonds is 21. The first kappa shape index (κ1) is 97.6. The van der Waals surface area contributed by atoms with Gasteiger partial charge in [0.1, 0.15) is 59.6 Å². The van der Waals surface area contributed by atoms with E-state index in [4.69, 9.17) is 54.1 Å². The summed E-state index contributed by atoms with van der Waals surface area (Å²) >= 11 is 0. The van der Waals surface area contributed by atoms with Crippen LogP contribution in [0, 0.1) is 35.5 Å². The molecule has 6 aliphatic heterocycles. The number of carbonyl (C=O) groups is 8. The number of aliphatic hydroxyl groups excluding tert-OH is 1. The van der Waals surface area contributed by atoms with Gasteiger partial charge in [-0.1, -0.05) is 89.3 Å². The van der Waals surface area contributed by atoms with Gasteiger partial charge >= 0.3 is 12.1 Å². The standard InChI is InChI=1S/C97H128N18O18/c1-58-16-12-11-13-17-59(2)78(126-8)48-72-24-19-64(7)97(125,133-72)87(120)91(122)114-29-15-14-18-74(114)92(123)130-79(49-75(116)60(3)43-63(6)85(119)86(128-10)84(118)62(5)42-58)61(4)44-65-21-25-77(80(46-65)127-9)132-96(124)104-52-67-50-100-94(101-51-67)112-37-35-110(36-38-112)81(117)28-40-129-41-39-109-31-33-111(34-32-109)95-102-53-71(54-103-95)90(121)113-30-27-68-45-66(20-22-70(68)56-113)55-115-89-82(88(98)105-57-106-89)83(108-115)69-23-26-76-73(47-69)107-93(99)131-76/h11-13,16-17,20,22-23,26,43,45,47,50-51,53-54,57-58,60-62,64-65,72,74,77-80,85-86,119,125H,14-15,18-19,21,24-25,27-42,44,46,48-49,52,55-56H2,1-10H3,(H2,99,107)(H,104,124)(H2,98,105,106)/b13-11+,16-12+,59-17+,63-43+/t58-,60-,61-,62-,64-,65+,72+,74+,77-,78+,79+,80-,85-,86+,97-/m1/s1. The SMILES string of the molecule is CO[C@H]1C[C@@H]2CC[C@@H](C)[C@@](O)(O2)C(=O)C(=O)N2CCCC[C@H]2C(=O)O[C@H]([C@H](C)C[C@@H]2CC[C@@H](OC(=O)NCc3cnc(N4CCN(C(=O)CCOCCN5CCN(c6ncc(C(=O)N7CCc8cc(Cn9nc(-c%10ccc%11oc(N)nc%11c%10)c%10c(N)ncnc%109)ccc8C7)cn6)CC5)CC4)nc3)[C@H](OC)C2)CC(=O)[C@H](C)/C=C(\C)[C@@H](O)[C@@H](OC)C(=O)[C@H](C)C[C@H](C)/C=C/C=C/C=C/1C. The first-order valence-electron chi connectivity index (χ1n) is 46.7. The van der Waals surface area contributed by atoms with Crippen LogP contribution in [-0.2, 0) is 88.0 Å². The maximum Gasteiger partial charge on any atom is 0.407 e. The molecule has 714 valence electrons. The number of hydrogen-bond donors (Lipinski definition) is 5. The Bertz CT molecular complexity index is 5400. The highest BCUT2D eigenvalue weighted by Gasteiger charge is 2.53. The molecule has 15 atom stereocenters. The summed E-state index contributed by atoms with van der Waals surface area (Å²) in [5.74, 6) is -7.51. The number of cyclic esters (lactones) is 1. The number of nitrogens with two attached hydrogens (primary N) is 2. The largest absolute Gasteiger partial charge is 0.460 e. The van der Waals surface area contributed by atoms with Gasteiger partial charge in [-0.15, -0.1) is 0 Å². The molecule has 1 aliphatic carbocycles. The topological polar surface area (TPSA) is 446 Å². The van der Waals surface area contributed by atoms with E-state index in [2.05, 4.69) is 62.1 Å². The Hall–Kier alpha value is -11.4. The van der Waals surface area contributed by atoms with Crippen molar-refractivity contribution in [3.63, 3.8) is 0 Å². The van der Waals surface area contributed by atoms with Gasteiger partial charge in [0.15, 0.2) is 17.0 Å². The zero-order valence-corrected chi connectivity index (χ0v) is 77.9. The summed E-state index contributed by atoms with van der Waals surface area (Å²) in [7, 11) is 4.49. The second-order valence-corrected chi connectivity index (χ2v) is 36.8. The van der Waals surface area contributed by atoms with Gasteiger partial charge in [0.05, 0.1) is 55.4 Å². The predicted molar refractivity (Wildman–Crippen MR) is 494 cm³/mol. The lowest BCUT2D eigenvalue weighted by Crippen LogP contribution is -2.61. The summed E-state index contributed by atoms with van der Waals surface area (Å²) in [6, 6.07) is 10.7. The third kappa shape index (κ3) is 23.9. The van der Waals surface area contributed by atoms with Crippen LogP contribution in [0.15, 0.2) is 120 Å². The van der Waals surface area contributed by atoms with Gasteiger partial charge in [0, 0.05) is 173 Å². The van der Waals surface area contributed by atoms with Crippen LogP contribution in [0.1, 0.15) is 165 Å². The number of aromatic nitrogens is 9. The fourth-order valence-electron chi connectivity index (χ4n) is 19.4. The van der Waals surface area contributed by atoms with E-state index in [1.807, 2.05) is 88.7 Å². The molecule has 7 N–H and O–H groups in total. The molecule has 4 amide bonds. The molecule has 133 heavy (non-hydrogen) atoms. The summed E-state index contributed by atoms with van der Waals surface area (Å²) < 4.78 is 49.5. The number of Topliss-reactive ketones (excluding diaryl/α,β-unsaturated/α-hetero) is 3. The number of piperazine rings is 2. The van der Waals surface area contributed by atoms with Crippen molar-refractivity contribution in [2.24, 2.45) is 35.5 Å². The minimum Gasteiger partial charge on any atom is -0.460 e. The summed E-state index contributed by atoms with van der Waals surface area (Å²) in [6.45, 7) is 20.6. The number of hydrogen-bond acceptors (Lipinski definition) is 31. The van der Waals surface area contributed by atoms with E-state index < -0.39 is 102 Å². The van der Waals surface area contributed by atoms with Crippen LogP contribution in [0.4, 0.5) is 28.5 Å². The summed E-state index contributed by atoms with van der Waals surface area (Å²) in [5.41, 5.74) is 20.9. The third-order valence-electron chi connectivity index (χ3n) is 27.4. The molecule has 1 saturated carbocycles. The second kappa shape index (κ2) is 44.6. The number of piperidine rings is 1. The Kier molecular flexibility index (Phi) is 32.8. The first-order chi connectivity index (χ1) is 64.0. The number of ketones is 3. The molecule has 11 heterocycles.